The summed E-state index contributed by atoms with van der Waals surface area (Å²) in [5, 5.41) is 2.88. The van der Waals surface area contributed by atoms with E-state index in [-0.39, 0.29) is 11.8 Å². The van der Waals surface area contributed by atoms with Crippen molar-refractivity contribution in [3.63, 3.8) is 0 Å². The zero-order valence-corrected chi connectivity index (χ0v) is 7.99. The van der Waals surface area contributed by atoms with Crippen molar-refractivity contribution in [1.29, 1.82) is 0 Å². The molecular weight excluding hydrogens is 176 g/mol. The van der Waals surface area contributed by atoms with Crippen LogP contribution in [0.1, 0.15) is 24.3 Å². The van der Waals surface area contributed by atoms with Crippen LogP contribution in [-0.4, -0.2) is 12.5 Å². The van der Waals surface area contributed by atoms with Crippen molar-refractivity contribution >= 4 is 11.6 Å². The maximum atomic E-state index is 11.6. The molecule has 0 saturated heterocycles. The van der Waals surface area contributed by atoms with Crippen molar-refractivity contribution in [3.8, 4) is 0 Å². The molecule has 14 heavy (non-hydrogen) atoms. The predicted octanol–water partition coefficient (Wildman–Crippen LogP) is 1.46. The number of carbonyl (C=O) groups is 1. The third-order valence-corrected chi connectivity index (χ3v) is 2.61. The van der Waals surface area contributed by atoms with Crippen LogP contribution in [-0.2, 0) is 4.79 Å². The van der Waals surface area contributed by atoms with Gasteiger partial charge in [0.1, 0.15) is 0 Å². The van der Waals surface area contributed by atoms with E-state index in [2.05, 4.69) is 5.32 Å². The first-order valence-electron chi connectivity index (χ1n) is 4.93. The average molecular weight is 190 g/mol. The van der Waals surface area contributed by atoms with Gasteiger partial charge in [-0.25, -0.2) is 0 Å². The molecule has 0 aromatic heterocycles. The van der Waals surface area contributed by atoms with Gasteiger partial charge in [0.05, 0.1) is 5.92 Å². The fourth-order valence-electron chi connectivity index (χ4n) is 1.88. The summed E-state index contributed by atoms with van der Waals surface area (Å²) in [6.45, 7) is 0.645. The van der Waals surface area contributed by atoms with Crippen molar-refractivity contribution < 1.29 is 4.79 Å². The zero-order chi connectivity index (χ0) is 9.97. The van der Waals surface area contributed by atoms with Crippen LogP contribution in [0.15, 0.2) is 24.3 Å². The summed E-state index contributed by atoms with van der Waals surface area (Å²) < 4.78 is 0. The first-order valence-corrected chi connectivity index (χ1v) is 4.93. The maximum Gasteiger partial charge on any atom is 0.232 e. The van der Waals surface area contributed by atoms with Crippen molar-refractivity contribution in [2.75, 3.05) is 11.9 Å². The molecule has 0 spiro atoms. The molecule has 3 N–H and O–H groups in total. The molecule has 1 atom stereocenters. The Bertz CT molecular complexity index is 349. The van der Waals surface area contributed by atoms with Gasteiger partial charge in [0.2, 0.25) is 5.91 Å². The molecule has 0 radical (unpaired) electrons. The van der Waals surface area contributed by atoms with Crippen LogP contribution in [0, 0.1) is 0 Å². The lowest BCUT2D eigenvalue weighted by Gasteiger charge is -2.06. The van der Waals surface area contributed by atoms with E-state index < -0.39 is 0 Å². The number of hydrogen-bond acceptors (Lipinski definition) is 2. The lowest BCUT2D eigenvalue weighted by molar-refractivity contribution is -0.117. The van der Waals surface area contributed by atoms with Gasteiger partial charge in [0.25, 0.3) is 0 Å². The number of rotatable bonds is 3. The molecule has 0 saturated carbocycles. The molecule has 3 nitrogen and oxygen atoms in total. The minimum atomic E-state index is 0.00903. The van der Waals surface area contributed by atoms with Crippen LogP contribution in [0.4, 0.5) is 5.69 Å². The van der Waals surface area contributed by atoms with E-state index in [9.17, 15) is 4.79 Å². The summed E-state index contributed by atoms with van der Waals surface area (Å²) in [5.41, 5.74) is 7.51. The molecule has 1 heterocycles. The van der Waals surface area contributed by atoms with Crippen LogP contribution < -0.4 is 11.1 Å². The standard InChI is InChI=1S/C11H14N2O/c12-7-3-5-9-8-4-1-2-6-10(8)13-11(9)14/h1-2,4,6,9H,3,5,7,12H2,(H,13,14). The summed E-state index contributed by atoms with van der Waals surface area (Å²) in [6.07, 6.45) is 1.74. The van der Waals surface area contributed by atoms with Gasteiger partial charge in [-0.15, -0.1) is 0 Å². The van der Waals surface area contributed by atoms with Gasteiger partial charge in [-0.2, -0.15) is 0 Å². The normalized spacial score (nSPS) is 19.2. The molecule has 3 heteroatoms. The SMILES string of the molecule is NCCCC1C(=O)Nc2ccccc21. The molecule has 1 aliphatic heterocycles. The topological polar surface area (TPSA) is 55.1 Å². The number of amides is 1. The van der Waals surface area contributed by atoms with Crippen LogP contribution in [0.2, 0.25) is 0 Å². The second kappa shape index (κ2) is 3.80. The minimum absolute atomic E-state index is 0.00903. The summed E-state index contributed by atoms with van der Waals surface area (Å²) >= 11 is 0. The number of carbonyl (C=O) groups excluding carboxylic acids is 1. The Hall–Kier alpha value is -1.35. The molecule has 0 aliphatic carbocycles. The van der Waals surface area contributed by atoms with Crippen molar-refractivity contribution in [1.82, 2.24) is 0 Å². The van der Waals surface area contributed by atoms with Crippen molar-refractivity contribution in [2.24, 2.45) is 5.73 Å². The van der Waals surface area contributed by atoms with Crippen LogP contribution >= 0.6 is 0 Å². The fourth-order valence-corrected chi connectivity index (χ4v) is 1.88. The van der Waals surface area contributed by atoms with Gasteiger partial charge >= 0.3 is 0 Å². The lowest BCUT2D eigenvalue weighted by Crippen LogP contribution is -2.13. The maximum absolute atomic E-state index is 11.6. The van der Waals surface area contributed by atoms with Crippen molar-refractivity contribution in [2.45, 2.75) is 18.8 Å². The smallest absolute Gasteiger partial charge is 0.232 e. The number of nitrogens with two attached hydrogens (primary N) is 1. The number of para-hydroxylation sites is 1. The van der Waals surface area contributed by atoms with Gasteiger partial charge in [-0.3, -0.25) is 4.79 Å². The van der Waals surface area contributed by atoms with E-state index in [1.165, 1.54) is 0 Å². The molecular formula is C11H14N2O. The summed E-state index contributed by atoms with van der Waals surface area (Å²) in [7, 11) is 0. The third kappa shape index (κ3) is 1.51. The molecule has 1 unspecified atom stereocenters. The Labute approximate surface area is 83.3 Å². The number of hydrogen-bond donors (Lipinski definition) is 2. The minimum Gasteiger partial charge on any atom is -0.330 e. The van der Waals surface area contributed by atoms with Gasteiger partial charge in [-0.05, 0) is 31.0 Å². The number of fused-ring (bicyclic) bond motifs is 1. The molecule has 74 valence electrons. The average Bonchev–Trinajstić information content (AvgIpc) is 2.51. The number of nitrogens with one attached hydrogen (secondary N) is 1. The number of benzene rings is 1. The molecule has 2 rings (SSSR count). The van der Waals surface area contributed by atoms with E-state index in [4.69, 9.17) is 5.73 Å². The molecule has 1 amide bonds. The molecule has 1 aromatic rings. The Kier molecular flexibility index (Phi) is 2.50. The Morgan fingerprint density at radius 3 is 2.93 bits per heavy atom. The van der Waals surface area contributed by atoms with Gasteiger partial charge < -0.3 is 11.1 Å². The summed E-state index contributed by atoms with van der Waals surface area (Å²) in [5.74, 6) is 0.120. The number of anilines is 1. The highest BCUT2D eigenvalue weighted by atomic mass is 16.2. The van der Waals surface area contributed by atoms with E-state index in [1.807, 2.05) is 24.3 Å². The van der Waals surface area contributed by atoms with Crippen LogP contribution in [0.5, 0.6) is 0 Å². The molecule has 1 aromatic carbocycles. The van der Waals surface area contributed by atoms with E-state index in [1.54, 1.807) is 0 Å². The van der Waals surface area contributed by atoms with E-state index in [0.29, 0.717) is 6.54 Å². The Morgan fingerprint density at radius 1 is 1.36 bits per heavy atom. The highest BCUT2D eigenvalue weighted by molar-refractivity contribution is 6.02. The summed E-state index contributed by atoms with van der Waals surface area (Å²) in [4.78, 5) is 11.6. The van der Waals surface area contributed by atoms with Crippen molar-refractivity contribution in [3.05, 3.63) is 29.8 Å². The molecule has 0 bridgehead atoms. The molecule has 0 fully saturated rings. The van der Waals surface area contributed by atoms with Gasteiger partial charge in [-0.1, -0.05) is 18.2 Å². The fraction of sp³-hybridized carbons (Fsp3) is 0.364. The monoisotopic (exact) mass is 190 g/mol. The Balaban J connectivity index is 2.21. The second-order valence-electron chi connectivity index (χ2n) is 3.56. The lowest BCUT2D eigenvalue weighted by atomic mass is 9.96. The first kappa shape index (κ1) is 9.21. The first-order chi connectivity index (χ1) is 6.83. The second-order valence-corrected chi connectivity index (χ2v) is 3.56. The quantitative estimate of drug-likeness (QED) is 0.758. The largest absolute Gasteiger partial charge is 0.330 e. The highest BCUT2D eigenvalue weighted by Gasteiger charge is 2.28. The molecule has 1 aliphatic rings. The predicted molar refractivity (Wildman–Crippen MR) is 56.1 cm³/mol. The Morgan fingerprint density at radius 2 is 2.14 bits per heavy atom. The summed E-state index contributed by atoms with van der Waals surface area (Å²) in [6, 6.07) is 7.85. The highest BCUT2D eigenvalue weighted by Crippen LogP contribution is 2.34. The van der Waals surface area contributed by atoms with Crippen LogP contribution in [0.25, 0.3) is 0 Å². The third-order valence-electron chi connectivity index (χ3n) is 2.61. The van der Waals surface area contributed by atoms with Gasteiger partial charge in [0, 0.05) is 5.69 Å². The van der Waals surface area contributed by atoms with Crippen LogP contribution in [0.3, 0.4) is 0 Å². The van der Waals surface area contributed by atoms with E-state index >= 15 is 0 Å². The van der Waals surface area contributed by atoms with Gasteiger partial charge in [0.15, 0.2) is 0 Å². The van der Waals surface area contributed by atoms with E-state index in [0.717, 1.165) is 24.1 Å². The zero-order valence-electron chi connectivity index (χ0n) is 7.99.